The maximum Gasteiger partial charge on any atom is 0.337 e. The molecule has 1 saturated carbocycles. The van der Waals surface area contributed by atoms with Gasteiger partial charge in [0.1, 0.15) is 0 Å². The summed E-state index contributed by atoms with van der Waals surface area (Å²) in [5, 5.41) is 11.9. The molecule has 1 aromatic rings. The number of carbonyl (C=O) groups is 2. The van der Waals surface area contributed by atoms with Crippen LogP contribution < -0.4 is 10.2 Å². The predicted octanol–water partition coefficient (Wildman–Crippen LogP) is 1.94. The molecule has 1 saturated heterocycles. The first-order valence-electron chi connectivity index (χ1n) is 6.39. The Bertz CT molecular complexity index is 556. The molecular formula is C14H16N2O3. The van der Waals surface area contributed by atoms with Crippen molar-refractivity contribution in [3.63, 3.8) is 0 Å². The zero-order chi connectivity index (χ0) is 13.6. The van der Waals surface area contributed by atoms with E-state index >= 15 is 0 Å². The summed E-state index contributed by atoms with van der Waals surface area (Å²) >= 11 is 0. The molecule has 1 aliphatic heterocycles. The van der Waals surface area contributed by atoms with E-state index in [1.807, 2.05) is 0 Å². The van der Waals surface area contributed by atoms with Gasteiger partial charge in [0.15, 0.2) is 0 Å². The summed E-state index contributed by atoms with van der Waals surface area (Å²) in [4.78, 5) is 24.5. The average Bonchev–Trinajstić information content (AvgIpc) is 3.06. The number of hydrogen-bond acceptors (Lipinski definition) is 3. The molecule has 1 aliphatic carbocycles. The summed E-state index contributed by atoms with van der Waals surface area (Å²) in [7, 11) is 0. The van der Waals surface area contributed by atoms with Crippen molar-refractivity contribution < 1.29 is 14.7 Å². The van der Waals surface area contributed by atoms with Gasteiger partial charge in [0.25, 0.3) is 0 Å². The van der Waals surface area contributed by atoms with Gasteiger partial charge in [-0.15, -0.1) is 0 Å². The van der Waals surface area contributed by atoms with E-state index in [0.29, 0.717) is 11.1 Å². The van der Waals surface area contributed by atoms with Crippen molar-refractivity contribution in [2.75, 3.05) is 23.3 Å². The number of rotatable bonds is 3. The second kappa shape index (κ2) is 3.98. The zero-order valence-electron chi connectivity index (χ0n) is 10.8. The third kappa shape index (κ3) is 2.16. The highest BCUT2D eigenvalue weighted by Crippen LogP contribution is 2.54. The summed E-state index contributed by atoms with van der Waals surface area (Å²) < 4.78 is 0. The van der Waals surface area contributed by atoms with Gasteiger partial charge in [0.05, 0.1) is 11.3 Å². The Kier molecular flexibility index (Phi) is 2.52. The van der Waals surface area contributed by atoms with Crippen LogP contribution in [0.25, 0.3) is 0 Å². The molecular weight excluding hydrogens is 244 g/mol. The second-order valence-electron chi connectivity index (χ2n) is 5.57. The lowest BCUT2D eigenvalue weighted by Crippen LogP contribution is -2.49. The van der Waals surface area contributed by atoms with Crippen molar-refractivity contribution in [3.8, 4) is 0 Å². The van der Waals surface area contributed by atoms with Gasteiger partial charge in [0, 0.05) is 31.1 Å². The standard InChI is InChI=1S/C14H16N2O3/c1-9(17)15-10-2-3-12(11(6-10)13(18)19)16-7-14(8-16)4-5-14/h2-3,6H,4-5,7-8H2,1H3,(H,15,17)(H,18,19). The molecule has 5 nitrogen and oxygen atoms in total. The Labute approximate surface area is 111 Å². The van der Waals surface area contributed by atoms with E-state index in [4.69, 9.17) is 0 Å². The highest BCUT2D eigenvalue weighted by atomic mass is 16.4. The third-order valence-corrected chi connectivity index (χ3v) is 3.90. The highest BCUT2D eigenvalue weighted by Gasteiger charge is 2.52. The largest absolute Gasteiger partial charge is 0.478 e. The zero-order valence-corrected chi connectivity index (χ0v) is 10.8. The number of benzene rings is 1. The molecule has 1 heterocycles. The van der Waals surface area contributed by atoms with E-state index < -0.39 is 5.97 Å². The minimum Gasteiger partial charge on any atom is -0.478 e. The fourth-order valence-corrected chi connectivity index (χ4v) is 2.69. The summed E-state index contributed by atoms with van der Waals surface area (Å²) in [6.07, 6.45) is 2.52. The minimum absolute atomic E-state index is 0.204. The molecule has 0 bridgehead atoms. The molecule has 1 aromatic carbocycles. The highest BCUT2D eigenvalue weighted by molar-refractivity contribution is 5.98. The molecule has 5 heteroatoms. The number of aromatic carboxylic acids is 1. The van der Waals surface area contributed by atoms with Crippen LogP contribution in [-0.4, -0.2) is 30.1 Å². The van der Waals surface area contributed by atoms with E-state index in [1.165, 1.54) is 25.8 Å². The van der Waals surface area contributed by atoms with Crippen molar-refractivity contribution >= 4 is 23.3 Å². The third-order valence-electron chi connectivity index (χ3n) is 3.90. The van der Waals surface area contributed by atoms with Gasteiger partial charge in [-0.3, -0.25) is 4.79 Å². The number of carboxylic acid groups (broad SMARTS) is 1. The Balaban J connectivity index is 1.86. The van der Waals surface area contributed by atoms with Crippen LogP contribution in [0.3, 0.4) is 0 Å². The molecule has 100 valence electrons. The molecule has 0 radical (unpaired) electrons. The van der Waals surface area contributed by atoms with Crippen LogP contribution in [-0.2, 0) is 4.79 Å². The van der Waals surface area contributed by atoms with Crippen LogP contribution in [0.15, 0.2) is 18.2 Å². The van der Waals surface area contributed by atoms with Crippen LogP contribution in [0.5, 0.6) is 0 Å². The first-order chi connectivity index (χ1) is 8.99. The molecule has 0 atom stereocenters. The van der Waals surface area contributed by atoms with Gasteiger partial charge in [-0.2, -0.15) is 0 Å². The predicted molar refractivity (Wildman–Crippen MR) is 71.6 cm³/mol. The number of carboxylic acids is 1. The molecule has 19 heavy (non-hydrogen) atoms. The summed E-state index contributed by atoms with van der Waals surface area (Å²) in [6, 6.07) is 5.06. The van der Waals surface area contributed by atoms with Crippen molar-refractivity contribution in [2.24, 2.45) is 5.41 Å². The summed E-state index contributed by atoms with van der Waals surface area (Å²) in [5.74, 6) is -1.16. The second-order valence-corrected chi connectivity index (χ2v) is 5.57. The summed E-state index contributed by atoms with van der Waals surface area (Å²) in [6.45, 7) is 3.31. The first kappa shape index (κ1) is 12.0. The molecule has 2 aliphatic rings. The number of carbonyl (C=O) groups excluding carboxylic acids is 1. The van der Waals surface area contributed by atoms with E-state index in [2.05, 4.69) is 10.2 Å². The molecule has 3 rings (SSSR count). The number of hydrogen-bond donors (Lipinski definition) is 2. The Morgan fingerprint density at radius 1 is 1.32 bits per heavy atom. The lowest BCUT2D eigenvalue weighted by molar-refractivity contribution is -0.114. The average molecular weight is 260 g/mol. The molecule has 2 fully saturated rings. The lowest BCUT2D eigenvalue weighted by Gasteiger charge is -2.42. The van der Waals surface area contributed by atoms with Gasteiger partial charge >= 0.3 is 5.97 Å². The first-order valence-corrected chi connectivity index (χ1v) is 6.39. The Morgan fingerprint density at radius 2 is 2.00 bits per heavy atom. The minimum atomic E-state index is -0.959. The van der Waals surface area contributed by atoms with Gasteiger partial charge in [0.2, 0.25) is 5.91 Å². The number of anilines is 2. The van der Waals surface area contributed by atoms with Crippen molar-refractivity contribution in [1.82, 2.24) is 0 Å². The van der Waals surface area contributed by atoms with Crippen LogP contribution >= 0.6 is 0 Å². The lowest BCUT2D eigenvalue weighted by atomic mass is 9.94. The van der Waals surface area contributed by atoms with Crippen molar-refractivity contribution in [2.45, 2.75) is 19.8 Å². The smallest absolute Gasteiger partial charge is 0.337 e. The van der Waals surface area contributed by atoms with Gasteiger partial charge < -0.3 is 15.3 Å². The maximum atomic E-state index is 11.3. The topological polar surface area (TPSA) is 69.6 Å². The van der Waals surface area contributed by atoms with Crippen molar-refractivity contribution in [1.29, 1.82) is 0 Å². The van der Waals surface area contributed by atoms with Gasteiger partial charge in [-0.05, 0) is 31.0 Å². The fraction of sp³-hybridized carbons (Fsp3) is 0.429. The number of nitrogens with zero attached hydrogens (tertiary/aromatic N) is 1. The Hall–Kier alpha value is -2.04. The monoisotopic (exact) mass is 260 g/mol. The number of nitrogens with one attached hydrogen (secondary N) is 1. The van der Waals surface area contributed by atoms with Crippen molar-refractivity contribution in [3.05, 3.63) is 23.8 Å². The molecule has 1 amide bonds. The van der Waals surface area contributed by atoms with Gasteiger partial charge in [-0.25, -0.2) is 4.79 Å². The number of amides is 1. The van der Waals surface area contributed by atoms with E-state index in [1.54, 1.807) is 12.1 Å². The molecule has 2 N–H and O–H groups in total. The molecule has 0 aromatic heterocycles. The molecule has 1 spiro atoms. The Morgan fingerprint density at radius 3 is 2.53 bits per heavy atom. The van der Waals surface area contributed by atoms with E-state index in [0.717, 1.165) is 18.8 Å². The quantitative estimate of drug-likeness (QED) is 0.871. The fourth-order valence-electron chi connectivity index (χ4n) is 2.69. The maximum absolute atomic E-state index is 11.3. The van der Waals surface area contributed by atoms with Gasteiger partial charge in [-0.1, -0.05) is 0 Å². The normalized spacial score (nSPS) is 18.9. The van der Waals surface area contributed by atoms with E-state index in [9.17, 15) is 14.7 Å². The van der Waals surface area contributed by atoms with Crippen LogP contribution in [0, 0.1) is 5.41 Å². The van der Waals surface area contributed by atoms with Crippen LogP contribution in [0.1, 0.15) is 30.1 Å². The summed E-state index contributed by atoms with van der Waals surface area (Å²) in [5.41, 5.74) is 2.00. The molecule has 0 unspecified atom stereocenters. The SMILES string of the molecule is CC(=O)Nc1ccc(N2CC3(CC3)C2)c(C(=O)O)c1. The van der Waals surface area contributed by atoms with Crippen LogP contribution in [0.4, 0.5) is 11.4 Å². The van der Waals surface area contributed by atoms with Crippen LogP contribution in [0.2, 0.25) is 0 Å². The van der Waals surface area contributed by atoms with E-state index in [-0.39, 0.29) is 11.5 Å².